The zero-order valence-electron chi connectivity index (χ0n) is 14.9. The van der Waals surface area contributed by atoms with E-state index in [1.165, 1.54) is 39.3 Å². The van der Waals surface area contributed by atoms with Crippen molar-refractivity contribution in [2.45, 2.75) is 13.0 Å². The summed E-state index contributed by atoms with van der Waals surface area (Å²) in [5.41, 5.74) is 0.0731. The molecule has 1 unspecified atom stereocenters. The third-order valence-corrected chi connectivity index (χ3v) is 3.68. The Labute approximate surface area is 160 Å². The van der Waals surface area contributed by atoms with Crippen LogP contribution in [0.25, 0.3) is 0 Å². The van der Waals surface area contributed by atoms with Crippen LogP contribution in [0.2, 0.25) is 5.02 Å². The Kier molecular flexibility index (Phi) is 6.79. The van der Waals surface area contributed by atoms with E-state index in [0.717, 1.165) is 0 Å². The van der Waals surface area contributed by atoms with Crippen LogP contribution in [0.5, 0.6) is 11.5 Å². The second-order valence-corrected chi connectivity index (χ2v) is 5.80. The molecule has 0 fully saturated rings. The van der Waals surface area contributed by atoms with Crippen LogP contribution in [-0.4, -0.2) is 38.2 Å². The number of esters is 3. The first-order valence-corrected chi connectivity index (χ1v) is 8.17. The summed E-state index contributed by atoms with van der Waals surface area (Å²) in [6, 6.07) is 10.3. The smallest absolute Gasteiger partial charge is 0.352 e. The predicted molar refractivity (Wildman–Crippen MR) is 96.3 cm³/mol. The van der Waals surface area contributed by atoms with Crippen LogP contribution < -0.4 is 9.47 Å². The summed E-state index contributed by atoms with van der Waals surface area (Å²) in [4.78, 5) is 35.8. The second-order valence-electron chi connectivity index (χ2n) is 5.36. The van der Waals surface area contributed by atoms with Gasteiger partial charge in [-0.1, -0.05) is 11.6 Å². The standard InChI is InChI=1S/C19H17ClO7/c1-11(26-15-6-4-14(20)5-7-15)17(21)27-16-9-12(18(22)24-2)8-13(10-16)19(23)25-3/h4-11H,1-3H3. The highest BCUT2D eigenvalue weighted by molar-refractivity contribution is 6.30. The lowest BCUT2D eigenvalue weighted by atomic mass is 10.1. The highest BCUT2D eigenvalue weighted by atomic mass is 35.5. The predicted octanol–water partition coefficient (Wildman–Crippen LogP) is 3.29. The molecular formula is C19H17ClO7. The minimum atomic E-state index is -0.950. The summed E-state index contributed by atoms with van der Waals surface area (Å²) in [5, 5.41) is 0.535. The summed E-state index contributed by atoms with van der Waals surface area (Å²) in [5.74, 6) is -1.69. The molecule has 0 saturated heterocycles. The van der Waals surface area contributed by atoms with Gasteiger partial charge in [0.05, 0.1) is 25.3 Å². The molecular weight excluding hydrogens is 376 g/mol. The maximum absolute atomic E-state index is 12.3. The van der Waals surface area contributed by atoms with Crippen LogP contribution in [0.4, 0.5) is 0 Å². The number of hydrogen-bond donors (Lipinski definition) is 0. The summed E-state index contributed by atoms with van der Waals surface area (Å²) in [6.07, 6.45) is -0.950. The van der Waals surface area contributed by atoms with Crippen molar-refractivity contribution in [3.63, 3.8) is 0 Å². The molecule has 27 heavy (non-hydrogen) atoms. The molecule has 0 spiro atoms. The molecule has 0 aliphatic heterocycles. The van der Waals surface area contributed by atoms with Gasteiger partial charge < -0.3 is 18.9 Å². The van der Waals surface area contributed by atoms with E-state index in [2.05, 4.69) is 9.47 Å². The molecule has 0 aliphatic carbocycles. The highest BCUT2D eigenvalue weighted by Crippen LogP contribution is 2.21. The summed E-state index contributed by atoms with van der Waals surface area (Å²) >= 11 is 5.80. The van der Waals surface area contributed by atoms with Crippen molar-refractivity contribution in [3.05, 3.63) is 58.6 Å². The Morgan fingerprint density at radius 1 is 0.852 bits per heavy atom. The molecule has 2 aromatic rings. The fourth-order valence-corrected chi connectivity index (χ4v) is 2.22. The van der Waals surface area contributed by atoms with Crippen LogP contribution in [-0.2, 0) is 14.3 Å². The zero-order valence-corrected chi connectivity index (χ0v) is 15.6. The Hall–Kier alpha value is -3.06. The number of carbonyl (C=O) groups is 3. The van der Waals surface area contributed by atoms with Gasteiger partial charge in [0.15, 0.2) is 6.10 Å². The third-order valence-electron chi connectivity index (χ3n) is 3.43. The molecule has 142 valence electrons. The topological polar surface area (TPSA) is 88.1 Å². The average molecular weight is 393 g/mol. The van der Waals surface area contributed by atoms with Crippen molar-refractivity contribution in [1.82, 2.24) is 0 Å². The first kappa shape index (κ1) is 20.3. The van der Waals surface area contributed by atoms with Crippen molar-refractivity contribution in [1.29, 1.82) is 0 Å². The lowest BCUT2D eigenvalue weighted by Crippen LogP contribution is -2.28. The van der Waals surface area contributed by atoms with Gasteiger partial charge in [0.25, 0.3) is 0 Å². The summed E-state index contributed by atoms with van der Waals surface area (Å²) in [7, 11) is 2.39. The molecule has 1 atom stereocenters. The Balaban J connectivity index is 2.18. The minimum Gasteiger partial charge on any atom is -0.479 e. The second kappa shape index (κ2) is 9.05. The number of hydrogen-bond acceptors (Lipinski definition) is 7. The number of ether oxygens (including phenoxy) is 4. The maximum Gasteiger partial charge on any atom is 0.352 e. The average Bonchev–Trinajstić information content (AvgIpc) is 2.67. The molecule has 0 aliphatic rings. The number of methoxy groups -OCH3 is 2. The quantitative estimate of drug-likeness (QED) is 0.550. The first-order chi connectivity index (χ1) is 12.8. The molecule has 7 nitrogen and oxygen atoms in total. The number of halogens is 1. The first-order valence-electron chi connectivity index (χ1n) is 7.79. The van der Waals surface area contributed by atoms with Gasteiger partial charge in [0.2, 0.25) is 0 Å². The molecule has 2 rings (SSSR count). The van der Waals surface area contributed by atoms with Crippen molar-refractivity contribution < 1.29 is 33.3 Å². The van der Waals surface area contributed by atoms with Crippen molar-refractivity contribution in [3.8, 4) is 11.5 Å². The van der Waals surface area contributed by atoms with Crippen LogP contribution in [0.15, 0.2) is 42.5 Å². The van der Waals surface area contributed by atoms with Gasteiger partial charge in [-0.2, -0.15) is 0 Å². The van der Waals surface area contributed by atoms with Crippen LogP contribution in [0, 0.1) is 0 Å². The van der Waals surface area contributed by atoms with Gasteiger partial charge in [-0.3, -0.25) is 0 Å². The van der Waals surface area contributed by atoms with E-state index in [4.69, 9.17) is 21.1 Å². The summed E-state index contributed by atoms with van der Waals surface area (Å²) < 4.78 is 20.0. The Morgan fingerprint density at radius 3 is 1.85 bits per heavy atom. The molecule has 0 amide bonds. The lowest BCUT2D eigenvalue weighted by Gasteiger charge is -2.14. The van der Waals surface area contributed by atoms with Crippen LogP contribution >= 0.6 is 11.6 Å². The van der Waals surface area contributed by atoms with Gasteiger partial charge >= 0.3 is 17.9 Å². The highest BCUT2D eigenvalue weighted by Gasteiger charge is 2.20. The molecule has 0 N–H and O–H groups in total. The van der Waals surface area contributed by atoms with Crippen molar-refractivity contribution in [2.75, 3.05) is 14.2 Å². The number of benzene rings is 2. The molecule has 0 saturated carbocycles. The number of rotatable bonds is 6. The third kappa shape index (κ3) is 5.46. The zero-order chi connectivity index (χ0) is 20.0. The molecule has 8 heteroatoms. The van der Waals surface area contributed by atoms with Crippen LogP contribution in [0.3, 0.4) is 0 Å². The van der Waals surface area contributed by atoms with E-state index in [1.54, 1.807) is 24.3 Å². The van der Waals surface area contributed by atoms with Crippen molar-refractivity contribution in [2.24, 2.45) is 0 Å². The largest absolute Gasteiger partial charge is 0.479 e. The Bertz CT molecular complexity index is 811. The fourth-order valence-electron chi connectivity index (χ4n) is 2.09. The normalized spacial score (nSPS) is 11.3. The molecule has 0 aromatic heterocycles. The molecule has 0 radical (unpaired) electrons. The lowest BCUT2D eigenvalue weighted by molar-refractivity contribution is -0.141. The van der Waals surface area contributed by atoms with Gasteiger partial charge in [-0.05, 0) is 49.4 Å². The van der Waals surface area contributed by atoms with Gasteiger partial charge in [0.1, 0.15) is 11.5 Å². The van der Waals surface area contributed by atoms with Crippen molar-refractivity contribution >= 4 is 29.5 Å². The molecule has 2 aromatic carbocycles. The SMILES string of the molecule is COC(=O)c1cc(OC(=O)C(C)Oc2ccc(Cl)cc2)cc(C(=O)OC)c1. The van der Waals surface area contributed by atoms with E-state index in [1.807, 2.05) is 0 Å². The van der Waals surface area contributed by atoms with E-state index in [-0.39, 0.29) is 16.9 Å². The van der Waals surface area contributed by atoms with E-state index in [9.17, 15) is 14.4 Å². The fraction of sp³-hybridized carbons (Fsp3) is 0.211. The minimum absolute atomic E-state index is 0.0187. The molecule has 0 heterocycles. The van der Waals surface area contributed by atoms with Gasteiger partial charge in [0, 0.05) is 5.02 Å². The van der Waals surface area contributed by atoms with E-state index < -0.39 is 24.0 Å². The summed E-state index contributed by atoms with van der Waals surface area (Å²) in [6.45, 7) is 1.50. The Morgan fingerprint density at radius 2 is 1.37 bits per heavy atom. The van der Waals surface area contributed by atoms with Gasteiger partial charge in [-0.15, -0.1) is 0 Å². The van der Waals surface area contributed by atoms with Gasteiger partial charge in [-0.25, -0.2) is 14.4 Å². The van der Waals surface area contributed by atoms with Crippen LogP contribution in [0.1, 0.15) is 27.6 Å². The van der Waals surface area contributed by atoms with E-state index >= 15 is 0 Å². The monoisotopic (exact) mass is 392 g/mol. The number of carbonyl (C=O) groups excluding carboxylic acids is 3. The van der Waals surface area contributed by atoms with E-state index in [0.29, 0.717) is 10.8 Å². The molecule has 0 bridgehead atoms. The maximum atomic E-state index is 12.3.